The molecule has 148 valence electrons. The van der Waals surface area contributed by atoms with E-state index in [-0.39, 0.29) is 12.5 Å². The number of fused-ring (bicyclic) bond motifs is 2. The van der Waals surface area contributed by atoms with Crippen molar-refractivity contribution < 1.29 is 9.53 Å². The van der Waals surface area contributed by atoms with Crippen molar-refractivity contribution in [3.05, 3.63) is 29.8 Å². The van der Waals surface area contributed by atoms with Crippen molar-refractivity contribution >= 4 is 11.9 Å². The van der Waals surface area contributed by atoms with Crippen LogP contribution in [0.25, 0.3) is 0 Å². The number of carbonyl (C=O) groups is 1. The molecule has 3 rings (SSSR count). The highest BCUT2D eigenvalue weighted by atomic mass is 16.5. The van der Waals surface area contributed by atoms with Crippen LogP contribution in [-0.4, -0.2) is 57.1 Å². The van der Waals surface area contributed by atoms with Crippen LogP contribution in [0.15, 0.2) is 29.3 Å². The number of carbonyl (C=O) groups excluding carboxylic acids is 1. The number of ether oxygens (including phenoxy) is 1. The summed E-state index contributed by atoms with van der Waals surface area (Å²) in [5.41, 5.74) is 1.24. The monoisotopic (exact) mass is 372 g/mol. The fourth-order valence-corrected chi connectivity index (χ4v) is 4.16. The smallest absolute Gasteiger partial charge is 0.243 e. The lowest BCUT2D eigenvalue weighted by atomic mass is 9.95. The summed E-state index contributed by atoms with van der Waals surface area (Å²) in [6, 6.07) is 8.61. The van der Waals surface area contributed by atoms with Gasteiger partial charge in [0.1, 0.15) is 12.3 Å². The Labute approximate surface area is 162 Å². The Morgan fingerprint density at radius 3 is 2.59 bits per heavy atom. The van der Waals surface area contributed by atoms with E-state index in [1.807, 2.05) is 12.1 Å². The molecular formula is C21H32N4O2. The van der Waals surface area contributed by atoms with Gasteiger partial charge in [-0.05, 0) is 55.2 Å². The molecule has 2 aliphatic rings. The maximum Gasteiger partial charge on any atom is 0.243 e. The lowest BCUT2D eigenvalue weighted by Crippen LogP contribution is -2.46. The second kappa shape index (κ2) is 9.11. The van der Waals surface area contributed by atoms with E-state index in [4.69, 9.17) is 4.74 Å². The van der Waals surface area contributed by atoms with Crippen LogP contribution in [0.5, 0.6) is 5.75 Å². The van der Waals surface area contributed by atoms with Gasteiger partial charge in [-0.15, -0.1) is 0 Å². The number of methoxy groups -OCH3 is 1. The van der Waals surface area contributed by atoms with Crippen LogP contribution in [-0.2, 0) is 11.2 Å². The Hall–Kier alpha value is -2.24. The summed E-state index contributed by atoms with van der Waals surface area (Å²) in [5, 5.41) is 7.01. The van der Waals surface area contributed by atoms with Crippen molar-refractivity contribution in [3.63, 3.8) is 0 Å². The van der Waals surface area contributed by atoms with Crippen LogP contribution in [0.4, 0.5) is 0 Å². The van der Waals surface area contributed by atoms with E-state index < -0.39 is 0 Å². The minimum absolute atomic E-state index is 0.0131. The minimum atomic E-state index is 0.0131. The topological polar surface area (TPSA) is 66.0 Å². The summed E-state index contributed by atoms with van der Waals surface area (Å²) in [5.74, 6) is 3.27. The number of benzene rings is 1. The van der Waals surface area contributed by atoms with Crippen LogP contribution >= 0.6 is 0 Å². The van der Waals surface area contributed by atoms with Gasteiger partial charge in [0.05, 0.1) is 7.11 Å². The number of rotatable bonds is 7. The quantitative estimate of drug-likeness (QED) is 0.568. The highest BCUT2D eigenvalue weighted by molar-refractivity contribution is 5.85. The van der Waals surface area contributed by atoms with Crippen LogP contribution in [0, 0.1) is 11.8 Å². The van der Waals surface area contributed by atoms with E-state index in [0.717, 1.165) is 36.5 Å². The Bertz CT molecular complexity index is 657. The highest BCUT2D eigenvalue weighted by Crippen LogP contribution is 2.44. The third-order valence-electron chi connectivity index (χ3n) is 5.80. The Kier molecular flexibility index (Phi) is 6.58. The lowest BCUT2D eigenvalue weighted by molar-refractivity contribution is -0.127. The van der Waals surface area contributed by atoms with Crippen LogP contribution < -0.4 is 15.4 Å². The molecule has 6 heteroatoms. The van der Waals surface area contributed by atoms with E-state index in [2.05, 4.69) is 27.8 Å². The predicted molar refractivity (Wildman–Crippen MR) is 108 cm³/mol. The first kappa shape index (κ1) is 19.5. The molecule has 2 bridgehead atoms. The number of nitrogens with zero attached hydrogens (tertiary/aromatic N) is 2. The summed E-state index contributed by atoms with van der Waals surface area (Å²) in [7, 11) is 5.20. The molecule has 1 amide bonds. The molecular weight excluding hydrogens is 340 g/mol. The lowest BCUT2D eigenvalue weighted by Gasteiger charge is -2.25. The molecule has 6 nitrogen and oxygen atoms in total. The van der Waals surface area contributed by atoms with E-state index >= 15 is 0 Å². The molecule has 3 unspecified atom stereocenters. The highest BCUT2D eigenvalue weighted by Gasteiger charge is 2.39. The van der Waals surface area contributed by atoms with E-state index in [0.29, 0.717) is 6.04 Å². The van der Waals surface area contributed by atoms with Gasteiger partial charge in [-0.25, -0.2) is 4.99 Å². The van der Waals surface area contributed by atoms with E-state index in [1.54, 1.807) is 26.1 Å². The Morgan fingerprint density at radius 2 is 2.00 bits per heavy atom. The number of guanidine groups is 1. The molecule has 2 saturated carbocycles. The van der Waals surface area contributed by atoms with Gasteiger partial charge in [0.2, 0.25) is 5.91 Å². The summed E-state index contributed by atoms with van der Waals surface area (Å²) in [6.45, 7) is 0.945. The van der Waals surface area contributed by atoms with Crippen molar-refractivity contribution in [2.75, 3.05) is 34.3 Å². The second-order valence-corrected chi connectivity index (χ2v) is 7.90. The van der Waals surface area contributed by atoms with Gasteiger partial charge >= 0.3 is 0 Å². The molecule has 0 heterocycles. The Morgan fingerprint density at radius 1 is 1.22 bits per heavy atom. The molecule has 1 aromatic rings. The Balaban J connectivity index is 1.55. The average molecular weight is 373 g/mol. The summed E-state index contributed by atoms with van der Waals surface area (Å²) in [6.07, 6.45) is 6.15. The number of hydrogen-bond acceptors (Lipinski definition) is 3. The summed E-state index contributed by atoms with van der Waals surface area (Å²) < 4.78 is 5.20. The molecule has 2 fully saturated rings. The minimum Gasteiger partial charge on any atom is -0.497 e. The maximum atomic E-state index is 11.9. The van der Waals surface area contributed by atoms with Crippen molar-refractivity contribution in [3.8, 4) is 5.75 Å². The molecule has 27 heavy (non-hydrogen) atoms. The number of aliphatic imine (C=N–C) groups is 1. The van der Waals surface area contributed by atoms with Gasteiger partial charge in [0, 0.05) is 26.7 Å². The third kappa shape index (κ3) is 5.37. The first-order valence-corrected chi connectivity index (χ1v) is 9.93. The second-order valence-electron chi connectivity index (χ2n) is 7.90. The summed E-state index contributed by atoms with van der Waals surface area (Å²) in [4.78, 5) is 18.0. The fourth-order valence-electron chi connectivity index (χ4n) is 4.16. The van der Waals surface area contributed by atoms with Crippen molar-refractivity contribution in [1.29, 1.82) is 0 Å². The predicted octanol–water partition coefficient (Wildman–Crippen LogP) is 2.05. The molecule has 0 saturated heterocycles. The molecule has 2 aliphatic carbocycles. The largest absolute Gasteiger partial charge is 0.497 e. The van der Waals surface area contributed by atoms with E-state index in [9.17, 15) is 4.79 Å². The van der Waals surface area contributed by atoms with Gasteiger partial charge in [-0.3, -0.25) is 4.79 Å². The number of amides is 1. The molecule has 0 spiro atoms. The number of likely N-dealkylation sites (N-methyl/N-ethyl adjacent to an activating group) is 1. The molecule has 0 radical (unpaired) electrons. The zero-order valence-corrected chi connectivity index (χ0v) is 16.7. The molecule has 0 aliphatic heterocycles. The van der Waals surface area contributed by atoms with Crippen molar-refractivity contribution in [2.24, 2.45) is 16.8 Å². The van der Waals surface area contributed by atoms with Gasteiger partial charge in [0.15, 0.2) is 5.96 Å². The van der Waals surface area contributed by atoms with Gasteiger partial charge in [0.25, 0.3) is 0 Å². The number of hydrogen-bond donors (Lipinski definition) is 2. The van der Waals surface area contributed by atoms with Crippen LogP contribution in [0.3, 0.4) is 0 Å². The van der Waals surface area contributed by atoms with Gasteiger partial charge in [-0.1, -0.05) is 18.6 Å². The van der Waals surface area contributed by atoms with Crippen LogP contribution in [0.1, 0.15) is 31.2 Å². The number of nitrogens with one attached hydrogen (secondary N) is 2. The fraction of sp³-hybridized carbons (Fsp3) is 0.619. The van der Waals surface area contributed by atoms with Crippen LogP contribution in [0.2, 0.25) is 0 Å². The SMILES string of the molecule is COc1ccc(CCNC(=NCC(=O)N(C)C)NC2CC3CCC2C3)cc1. The van der Waals surface area contributed by atoms with Gasteiger partial charge < -0.3 is 20.3 Å². The standard InChI is InChI=1S/C21H32N4O2/c1-25(2)20(26)14-23-21(24-19-13-16-4-7-17(19)12-16)22-11-10-15-5-8-18(27-3)9-6-15/h5-6,8-9,16-17,19H,4,7,10-14H2,1-3H3,(H2,22,23,24). The summed E-state index contributed by atoms with van der Waals surface area (Å²) >= 11 is 0. The molecule has 1 aromatic carbocycles. The van der Waals surface area contributed by atoms with Crippen molar-refractivity contribution in [2.45, 2.75) is 38.1 Å². The maximum absolute atomic E-state index is 11.9. The third-order valence-corrected chi connectivity index (χ3v) is 5.80. The van der Waals surface area contributed by atoms with Gasteiger partial charge in [-0.2, -0.15) is 0 Å². The molecule has 0 aromatic heterocycles. The molecule has 2 N–H and O–H groups in total. The first-order chi connectivity index (χ1) is 13.0. The average Bonchev–Trinajstić information content (AvgIpc) is 3.29. The zero-order chi connectivity index (χ0) is 19.2. The van der Waals surface area contributed by atoms with E-state index in [1.165, 1.54) is 31.2 Å². The molecule has 3 atom stereocenters. The first-order valence-electron chi connectivity index (χ1n) is 9.93. The zero-order valence-electron chi connectivity index (χ0n) is 16.7. The normalized spacial score (nSPS) is 24.0. The van der Waals surface area contributed by atoms with Crippen molar-refractivity contribution in [1.82, 2.24) is 15.5 Å².